The number of hydrogen-bond acceptors (Lipinski definition) is 3. The van der Waals surface area contributed by atoms with Gasteiger partial charge in [-0.15, -0.1) is 0 Å². The van der Waals surface area contributed by atoms with Gasteiger partial charge < -0.3 is 14.7 Å². The quantitative estimate of drug-likeness (QED) is 0.788. The Morgan fingerprint density at radius 1 is 1.18 bits per heavy atom. The van der Waals surface area contributed by atoms with Crippen molar-refractivity contribution >= 4 is 11.9 Å². The minimum atomic E-state index is -0.900. The fraction of sp³-hybridized carbons (Fsp3) is 0.833. The zero-order valence-electron chi connectivity index (χ0n) is 10.3. The number of carbonyl (C=O) groups excluding carboxylic acids is 1. The Kier molecular flexibility index (Phi) is 3.38. The van der Waals surface area contributed by atoms with Gasteiger partial charge in [0, 0.05) is 13.1 Å². The molecule has 96 valence electrons. The summed E-state index contributed by atoms with van der Waals surface area (Å²) in [7, 11) is 0. The molecular weight excluding hydrogens is 222 g/mol. The van der Waals surface area contributed by atoms with Gasteiger partial charge in [-0.25, -0.2) is 0 Å². The van der Waals surface area contributed by atoms with E-state index >= 15 is 0 Å². The van der Waals surface area contributed by atoms with Crippen LogP contribution in [0, 0.1) is 11.8 Å². The molecule has 0 unspecified atom stereocenters. The van der Waals surface area contributed by atoms with Crippen molar-refractivity contribution in [2.75, 3.05) is 13.1 Å². The van der Waals surface area contributed by atoms with Crippen LogP contribution in [0.15, 0.2) is 0 Å². The summed E-state index contributed by atoms with van der Waals surface area (Å²) >= 11 is 0. The molecule has 2 fully saturated rings. The van der Waals surface area contributed by atoms with Gasteiger partial charge in [0.05, 0.1) is 24.0 Å². The third-order valence-electron chi connectivity index (χ3n) is 3.92. The van der Waals surface area contributed by atoms with Crippen molar-refractivity contribution in [3.63, 3.8) is 0 Å². The van der Waals surface area contributed by atoms with Crippen LogP contribution in [0.1, 0.15) is 26.7 Å². The van der Waals surface area contributed by atoms with Crippen LogP contribution in [0.3, 0.4) is 0 Å². The number of ether oxygens (including phenoxy) is 1. The fourth-order valence-electron chi connectivity index (χ4n) is 3.05. The summed E-state index contributed by atoms with van der Waals surface area (Å²) in [6.45, 7) is 5.06. The van der Waals surface area contributed by atoms with Crippen molar-refractivity contribution in [3.8, 4) is 0 Å². The normalized spacial score (nSPS) is 34.9. The molecule has 5 heteroatoms. The molecule has 1 N–H and O–H groups in total. The highest BCUT2D eigenvalue weighted by molar-refractivity contribution is 5.86. The second-order valence-electron chi connectivity index (χ2n) is 4.69. The van der Waals surface area contributed by atoms with E-state index in [1.807, 2.05) is 13.8 Å². The first-order valence-electron chi connectivity index (χ1n) is 6.27. The second kappa shape index (κ2) is 4.64. The molecule has 0 aromatic carbocycles. The average Bonchev–Trinajstić information content (AvgIpc) is 2.89. The molecule has 0 aromatic heterocycles. The van der Waals surface area contributed by atoms with E-state index in [-0.39, 0.29) is 18.1 Å². The molecule has 17 heavy (non-hydrogen) atoms. The Hall–Kier alpha value is -1.10. The minimum absolute atomic E-state index is 0.0606. The molecule has 0 saturated carbocycles. The van der Waals surface area contributed by atoms with E-state index in [1.54, 1.807) is 4.90 Å². The van der Waals surface area contributed by atoms with Gasteiger partial charge in [-0.2, -0.15) is 0 Å². The number of aliphatic carboxylic acids is 1. The molecule has 0 aromatic rings. The van der Waals surface area contributed by atoms with E-state index in [9.17, 15) is 14.7 Å². The zero-order chi connectivity index (χ0) is 12.6. The van der Waals surface area contributed by atoms with Crippen LogP contribution in [0.2, 0.25) is 0 Å². The van der Waals surface area contributed by atoms with Gasteiger partial charge in [-0.3, -0.25) is 9.59 Å². The van der Waals surface area contributed by atoms with Gasteiger partial charge >= 0.3 is 5.97 Å². The highest BCUT2D eigenvalue weighted by Gasteiger charge is 2.56. The first-order chi connectivity index (χ1) is 8.10. The van der Waals surface area contributed by atoms with E-state index in [4.69, 9.17) is 4.74 Å². The lowest BCUT2D eigenvalue weighted by Crippen LogP contribution is -2.45. The zero-order valence-corrected chi connectivity index (χ0v) is 10.3. The molecule has 0 spiro atoms. The minimum Gasteiger partial charge on any atom is -0.481 e. The van der Waals surface area contributed by atoms with E-state index in [1.165, 1.54) is 0 Å². The van der Waals surface area contributed by atoms with E-state index < -0.39 is 17.8 Å². The van der Waals surface area contributed by atoms with Crippen LogP contribution >= 0.6 is 0 Å². The summed E-state index contributed by atoms with van der Waals surface area (Å²) in [4.78, 5) is 25.2. The third kappa shape index (κ3) is 1.92. The fourth-order valence-corrected chi connectivity index (χ4v) is 3.05. The Morgan fingerprint density at radius 2 is 1.71 bits per heavy atom. The van der Waals surface area contributed by atoms with Crippen molar-refractivity contribution < 1.29 is 19.4 Å². The number of carboxylic acid groups (broad SMARTS) is 1. The Labute approximate surface area is 101 Å². The summed E-state index contributed by atoms with van der Waals surface area (Å²) in [6.07, 6.45) is 1.13. The van der Waals surface area contributed by atoms with Crippen LogP contribution in [-0.2, 0) is 14.3 Å². The van der Waals surface area contributed by atoms with Gasteiger partial charge in [0.1, 0.15) is 0 Å². The van der Waals surface area contributed by atoms with Crippen LogP contribution in [0.25, 0.3) is 0 Å². The van der Waals surface area contributed by atoms with Gasteiger partial charge in [-0.1, -0.05) is 0 Å². The lowest BCUT2D eigenvalue weighted by Gasteiger charge is -2.29. The second-order valence-corrected chi connectivity index (χ2v) is 4.69. The summed E-state index contributed by atoms with van der Waals surface area (Å²) in [6, 6.07) is 0. The lowest BCUT2D eigenvalue weighted by atomic mass is 9.78. The Morgan fingerprint density at radius 3 is 2.18 bits per heavy atom. The maximum Gasteiger partial charge on any atom is 0.310 e. The molecule has 0 radical (unpaired) electrons. The van der Waals surface area contributed by atoms with Gasteiger partial charge in [0.25, 0.3) is 0 Å². The lowest BCUT2D eigenvalue weighted by molar-refractivity contribution is -0.150. The van der Waals surface area contributed by atoms with Gasteiger partial charge in [-0.05, 0) is 26.7 Å². The molecular formula is C12H19NO4. The van der Waals surface area contributed by atoms with Crippen LogP contribution < -0.4 is 0 Å². The van der Waals surface area contributed by atoms with Gasteiger partial charge in [0.15, 0.2) is 0 Å². The summed E-state index contributed by atoms with van der Waals surface area (Å²) in [5, 5.41) is 9.23. The van der Waals surface area contributed by atoms with E-state index in [0.717, 1.165) is 12.8 Å². The number of carbonyl (C=O) groups is 2. The molecule has 0 aliphatic carbocycles. The van der Waals surface area contributed by atoms with Crippen LogP contribution in [-0.4, -0.2) is 47.2 Å². The highest BCUT2D eigenvalue weighted by Crippen LogP contribution is 2.44. The molecule has 2 aliphatic rings. The standard InChI is InChI=1S/C12H19NO4/c1-3-13(4-2)11(14)9-7-5-6-8(17-7)10(9)12(15)16/h7-10H,3-6H2,1-2H3,(H,15,16)/t7-,8+,9+,10+/m1/s1. The van der Waals surface area contributed by atoms with E-state index in [2.05, 4.69) is 0 Å². The summed E-state index contributed by atoms with van der Waals surface area (Å²) < 4.78 is 5.59. The number of fused-ring (bicyclic) bond motifs is 2. The van der Waals surface area contributed by atoms with Crippen molar-refractivity contribution in [1.29, 1.82) is 0 Å². The number of amides is 1. The van der Waals surface area contributed by atoms with Crippen molar-refractivity contribution in [2.24, 2.45) is 11.8 Å². The molecule has 2 heterocycles. The topological polar surface area (TPSA) is 66.8 Å². The van der Waals surface area contributed by atoms with Crippen molar-refractivity contribution in [2.45, 2.75) is 38.9 Å². The largest absolute Gasteiger partial charge is 0.481 e. The van der Waals surface area contributed by atoms with Crippen LogP contribution in [0.5, 0.6) is 0 Å². The number of hydrogen-bond donors (Lipinski definition) is 1. The predicted molar refractivity (Wildman–Crippen MR) is 60.4 cm³/mol. The number of carboxylic acids is 1. The molecule has 2 saturated heterocycles. The molecule has 5 nitrogen and oxygen atoms in total. The Bertz CT molecular complexity index is 326. The molecule has 2 aliphatic heterocycles. The molecule has 4 atom stereocenters. The average molecular weight is 241 g/mol. The summed E-state index contributed by atoms with van der Waals surface area (Å²) in [5.74, 6) is -2.09. The molecule has 2 bridgehead atoms. The molecule has 2 rings (SSSR count). The molecule has 1 amide bonds. The first kappa shape index (κ1) is 12.4. The smallest absolute Gasteiger partial charge is 0.310 e. The maximum absolute atomic E-state index is 12.3. The number of nitrogens with zero attached hydrogens (tertiary/aromatic N) is 1. The third-order valence-corrected chi connectivity index (χ3v) is 3.92. The summed E-state index contributed by atoms with van der Waals surface area (Å²) in [5.41, 5.74) is 0. The number of rotatable bonds is 4. The highest BCUT2D eigenvalue weighted by atomic mass is 16.5. The van der Waals surface area contributed by atoms with E-state index in [0.29, 0.717) is 13.1 Å². The monoisotopic (exact) mass is 241 g/mol. The Balaban J connectivity index is 2.18. The first-order valence-corrected chi connectivity index (χ1v) is 6.27. The SMILES string of the molecule is CCN(CC)C(=O)[C@@H]1[C@@H](C(=O)O)[C@@H]2CC[C@H]1O2. The van der Waals surface area contributed by atoms with Crippen molar-refractivity contribution in [1.82, 2.24) is 4.90 Å². The maximum atomic E-state index is 12.3. The van der Waals surface area contributed by atoms with Gasteiger partial charge in [0.2, 0.25) is 5.91 Å². The predicted octanol–water partition coefficient (Wildman–Crippen LogP) is 0.733. The van der Waals surface area contributed by atoms with Crippen LogP contribution in [0.4, 0.5) is 0 Å². The van der Waals surface area contributed by atoms with Crippen molar-refractivity contribution in [3.05, 3.63) is 0 Å².